The maximum absolute atomic E-state index is 6.07. The number of hydrogen-bond donors (Lipinski definition) is 1. The van der Waals surface area contributed by atoms with Gasteiger partial charge in [0.2, 0.25) is 0 Å². The van der Waals surface area contributed by atoms with E-state index in [4.69, 9.17) is 5.73 Å². The quantitative estimate of drug-likeness (QED) is 0.939. The molecule has 2 N–H and O–H groups in total. The van der Waals surface area contributed by atoms with E-state index in [0.717, 1.165) is 12.1 Å². The fourth-order valence-electron chi connectivity index (χ4n) is 3.67. The zero-order valence-corrected chi connectivity index (χ0v) is 13.0. The van der Waals surface area contributed by atoms with Crippen LogP contribution >= 0.6 is 0 Å². The van der Waals surface area contributed by atoms with Gasteiger partial charge in [0.1, 0.15) is 0 Å². The normalized spacial score (nSPS) is 23.8. The number of hydrogen-bond acceptors (Lipinski definition) is 3. The van der Waals surface area contributed by atoms with Crippen molar-refractivity contribution in [2.45, 2.75) is 38.8 Å². The van der Waals surface area contributed by atoms with Gasteiger partial charge in [-0.1, -0.05) is 12.1 Å². The number of aromatic nitrogens is 1. The van der Waals surface area contributed by atoms with Crippen LogP contribution in [0.2, 0.25) is 0 Å². The summed E-state index contributed by atoms with van der Waals surface area (Å²) in [6.07, 6.45) is 4.34. The molecule has 2 unspecified atom stereocenters. The molecule has 112 valence electrons. The van der Waals surface area contributed by atoms with Gasteiger partial charge in [-0.3, -0.25) is 9.88 Å². The first-order valence-electron chi connectivity index (χ1n) is 8.01. The maximum atomic E-state index is 6.07. The molecule has 2 heterocycles. The van der Waals surface area contributed by atoms with Crippen LogP contribution in [0.15, 0.2) is 36.5 Å². The Morgan fingerprint density at radius 3 is 2.95 bits per heavy atom. The largest absolute Gasteiger partial charge is 0.330 e. The van der Waals surface area contributed by atoms with Crippen molar-refractivity contribution >= 4 is 10.9 Å². The summed E-state index contributed by atoms with van der Waals surface area (Å²) in [4.78, 5) is 7.03. The van der Waals surface area contributed by atoms with Crippen molar-refractivity contribution in [1.29, 1.82) is 0 Å². The smallest absolute Gasteiger partial charge is 0.0702 e. The fraction of sp³-hybridized carbons (Fsp3) is 0.500. The molecule has 0 spiro atoms. The van der Waals surface area contributed by atoms with E-state index >= 15 is 0 Å². The van der Waals surface area contributed by atoms with Gasteiger partial charge >= 0.3 is 0 Å². The molecule has 1 saturated heterocycles. The van der Waals surface area contributed by atoms with Gasteiger partial charge in [-0.15, -0.1) is 0 Å². The Morgan fingerprint density at radius 2 is 2.19 bits per heavy atom. The van der Waals surface area contributed by atoms with Crippen molar-refractivity contribution in [3.05, 3.63) is 42.1 Å². The average Bonchev–Trinajstić information content (AvgIpc) is 2.53. The van der Waals surface area contributed by atoms with Crippen LogP contribution in [0.25, 0.3) is 10.9 Å². The molecule has 1 aliphatic rings. The summed E-state index contributed by atoms with van der Waals surface area (Å²) >= 11 is 0. The van der Waals surface area contributed by atoms with Gasteiger partial charge in [-0.25, -0.2) is 0 Å². The minimum atomic E-state index is 0.438. The van der Waals surface area contributed by atoms with Crippen LogP contribution < -0.4 is 5.73 Å². The van der Waals surface area contributed by atoms with E-state index in [9.17, 15) is 0 Å². The van der Waals surface area contributed by atoms with E-state index in [1.807, 2.05) is 12.3 Å². The van der Waals surface area contributed by atoms with Gasteiger partial charge in [0.05, 0.1) is 5.52 Å². The monoisotopic (exact) mass is 283 g/mol. The van der Waals surface area contributed by atoms with Crippen LogP contribution in [0.1, 0.15) is 38.3 Å². The third-order valence-electron chi connectivity index (χ3n) is 4.73. The van der Waals surface area contributed by atoms with E-state index < -0.39 is 0 Å². The number of fused-ring (bicyclic) bond motifs is 1. The van der Waals surface area contributed by atoms with Crippen molar-refractivity contribution in [3.63, 3.8) is 0 Å². The molecule has 2 atom stereocenters. The predicted octanol–water partition coefficient (Wildman–Crippen LogP) is 3.36. The van der Waals surface area contributed by atoms with E-state index in [0.29, 0.717) is 18.0 Å². The van der Waals surface area contributed by atoms with Crippen LogP contribution in [-0.2, 0) is 0 Å². The van der Waals surface area contributed by atoms with Crippen molar-refractivity contribution in [3.8, 4) is 0 Å². The zero-order chi connectivity index (χ0) is 14.8. The van der Waals surface area contributed by atoms with Gasteiger partial charge in [0.25, 0.3) is 0 Å². The number of piperidine rings is 1. The van der Waals surface area contributed by atoms with Gasteiger partial charge in [-0.05, 0) is 69.5 Å². The molecule has 0 aliphatic carbocycles. The van der Waals surface area contributed by atoms with Crippen molar-refractivity contribution in [2.24, 2.45) is 11.7 Å². The average molecular weight is 283 g/mol. The van der Waals surface area contributed by atoms with Crippen LogP contribution in [-0.4, -0.2) is 29.0 Å². The lowest BCUT2D eigenvalue weighted by molar-refractivity contribution is 0.0666. The Labute approximate surface area is 127 Å². The van der Waals surface area contributed by atoms with Crippen molar-refractivity contribution < 1.29 is 0 Å². The molecule has 0 radical (unpaired) electrons. The lowest BCUT2D eigenvalue weighted by atomic mass is 9.83. The van der Waals surface area contributed by atoms with E-state index in [2.05, 4.69) is 48.0 Å². The summed E-state index contributed by atoms with van der Waals surface area (Å²) in [5.74, 6) is 0.551. The summed E-state index contributed by atoms with van der Waals surface area (Å²) in [5, 5.41) is 1.22. The zero-order valence-electron chi connectivity index (χ0n) is 13.0. The van der Waals surface area contributed by atoms with Crippen LogP contribution in [0.3, 0.4) is 0 Å². The first-order valence-corrected chi connectivity index (χ1v) is 8.01. The van der Waals surface area contributed by atoms with Gasteiger partial charge in [0, 0.05) is 23.7 Å². The second kappa shape index (κ2) is 6.12. The second-order valence-corrected chi connectivity index (χ2v) is 6.37. The first kappa shape index (κ1) is 14.5. The van der Waals surface area contributed by atoms with Gasteiger partial charge in [-0.2, -0.15) is 0 Å². The number of benzene rings is 1. The standard InChI is InChI=1S/C18H25N3/c1-13(2)21-10-4-6-16(12-19)18(21)15-7-8-17-14(11-15)5-3-9-20-17/h3,5,7-9,11,13,16,18H,4,6,10,12,19H2,1-2H3. The van der Waals surface area contributed by atoms with Crippen LogP contribution in [0, 0.1) is 5.92 Å². The summed E-state index contributed by atoms with van der Waals surface area (Å²) in [5.41, 5.74) is 8.52. The highest BCUT2D eigenvalue weighted by Crippen LogP contribution is 2.37. The molecule has 3 rings (SSSR count). The molecule has 3 heteroatoms. The lowest BCUT2D eigenvalue weighted by Gasteiger charge is -2.43. The number of nitrogens with zero attached hydrogens (tertiary/aromatic N) is 2. The third-order valence-corrected chi connectivity index (χ3v) is 4.73. The highest BCUT2D eigenvalue weighted by molar-refractivity contribution is 5.79. The Hall–Kier alpha value is -1.45. The molecule has 0 bridgehead atoms. The molecule has 1 aromatic carbocycles. The Bertz CT molecular complexity index is 608. The van der Waals surface area contributed by atoms with Crippen molar-refractivity contribution in [1.82, 2.24) is 9.88 Å². The van der Waals surface area contributed by atoms with Gasteiger partial charge < -0.3 is 5.73 Å². The minimum Gasteiger partial charge on any atom is -0.330 e. The highest BCUT2D eigenvalue weighted by atomic mass is 15.2. The molecule has 3 nitrogen and oxygen atoms in total. The molecule has 1 fully saturated rings. The molecule has 2 aromatic rings. The lowest BCUT2D eigenvalue weighted by Crippen LogP contribution is -2.44. The summed E-state index contributed by atoms with van der Waals surface area (Å²) in [6.45, 7) is 6.51. The topological polar surface area (TPSA) is 42.1 Å². The second-order valence-electron chi connectivity index (χ2n) is 6.37. The maximum Gasteiger partial charge on any atom is 0.0702 e. The molecule has 0 saturated carbocycles. The van der Waals surface area contributed by atoms with Gasteiger partial charge in [0.15, 0.2) is 0 Å². The Balaban J connectivity index is 2.02. The number of likely N-dealkylation sites (tertiary alicyclic amines) is 1. The highest BCUT2D eigenvalue weighted by Gasteiger charge is 2.33. The van der Waals surface area contributed by atoms with Crippen molar-refractivity contribution in [2.75, 3.05) is 13.1 Å². The third kappa shape index (κ3) is 2.81. The molecule has 0 amide bonds. The summed E-state index contributed by atoms with van der Waals surface area (Å²) < 4.78 is 0. The van der Waals surface area contributed by atoms with Crippen LogP contribution in [0.4, 0.5) is 0 Å². The SMILES string of the molecule is CC(C)N1CCCC(CN)C1c1ccc2ncccc2c1. The molecule has 21 heavy (non-hydrogen) atoms. The predicted molar refractivity (Wildman–Crippen MR) is 88.1 cm³/mol. The number of rotatable bonds is 3. The van der Waals surface area contributed by atoms with Crippen LogP contribution in [0.5, 0.6) is 0 Å². The molecular weight excluding hydrogens is 258 g/mol. The Morgan fingerprint density at radius 1 is 1.33 bits per heavy atom. The number of pyridine rings is 1. The molecular formula is C18H25N3. The summed E-state index contributed by atoms with van der Waals surface area (Å²) in [6, 6.07) is 11.8. The van der Waals surface area contributed by atoms with E-state index in [1.54, 1.807) is 0 Å². The summed E-state index contributed by atoms with van der Waals surface area (Å²) in [7, 11) is 0. The molecule has 1 aromatic heterocycles. The first-order chi connectivity index (χ1) is 10.2. The molecule has 1 aliphatic heterocycles. The fourth-order valence-corrected chi connectivity index (χ4v) is 3.67. The minimum absolute atomic E-state index is 0.438. The van der Waals surface area contributed by atoms with E-state index in [-0.39, 0.29) is 0 Å². The number of nitrogens with two attached hydrogens (primary N) is 1. The van der Waals surface area contributed by atoms with E-state index in [1.165, 1.54) is 30.3 Å². The Kier molecular flexibility index (Phi) is 4.22.